The Labute approximate surface area is 130 Å². The van der Waals surface area contributed by atoms with Crippen molar-refractivity contribution in [2.24, 2.45) is 11.8 Å². The normalized spacial score (nSPS) is 30.1. The maximum absolute atomic E-state index is 12.3. The standard InChI is InChI=1S/C15H18ClNO3S/c16-13-4-1-11(2-5-13)7-8-21(19,20)17-9-12-3-6-15(18)14(12)10-17/h1-2,4-5,7-8,12,14-15,18H,3,6,9-10H2/b8-7+. The molecule has 1 aliphatic heterocycles. The van der Waals surface area contributed by atoms with Gasteiger partial charge in [-0.05, 0) is 42.5 Å². The fraction of sp³-hybridized carbons (Fsp3) is 0.467. The van der Waals surface area contributed by atoms with Gasteiger partial charge in [0, 0.05) is 29.4 Å². The molecule has 4 nitrogen and oxygen atoms in total. The van der Waals surface area contributed by atoms with Crippen molar-refractivity contribution in [2.45, 2.75) is 18.9 Å². The monoisotopic (exact) mass is 327 g/mol. The van der Waals surface area contributed by atoms with E-state index in [-0.39, 0.29) is 12.0 Å². The van der Waals surface area contributed by atoms with Crippen LogP contribution in [0.5, 0.6) is 0 Å². The summed E-state index contributed by atoms with van der Waals surface area (Å²) in [5.41, 5.74) is 0.794. The molecule has 3 unspecified atom stereocenters. The van der Waals surface area contributed by atoms with Crippen molar-refractivity contribution >= 4 is 27.7 Å². The average Bonchev–Trinajstić information content (AvgIpc) is 3.02. The van der Waals surface area contributed by atoms with Crippen LogP contribution in [0.3, 0.4) is 0 Å². The summed E-state index contributed by atoms with van der Waals surface area (Å²) in [7, 11) is -3.43. The van der Waals surface area contributed by atoms with Crippen molar-refractivity contribution in [1.82, 2.24) is 4.31 Å². The summed E-state index contributed by atoms with van der Waals surface area (Å²) in [5.74, 6) is 0.405. The largest absolute Gasteiger partial charge is 0.393 e. The Morgan fingerprint density at radius 2 is 1.90 bits per heavy atom. The van der Waals surface area contributed by atoms with Crippen LogP contribution >= 0.6 is 11.6 Å². The van der Waals surface area contributed by atoms with Gasteiger partial charge in [0.2, 0.25) is 10.0 Å². The van der Waals surface area contributed by atoms with Gasteiger partial charge in [-0.1, -0.05) is 23.7 Å². The first-order valence-electron chi connectivity index (χ1n) is 7.07. The van der Waals surface area contributed by atoms with Crippen molar-refractivity contribution in [3.05, 3.63) is 40.3 Å². The van der Waals surface area contributed by atoms with E-state index in [1.807, 2.05) is 0 Å². The lowest BCUT2D eigenvalue weighted by molar-refractivity contribution is 0.129. The zero-order valence-corrected chi connectivity index (χ0v) is 13.1. The highest BCUT2D eigenvalue weighted by Crippen LogP contribution is 2.39. The van der Waals surface area contributed by atoms with E-state index in [1.54, 1.807) is 30.3 Å². The van der Waals surface area contributed by atoms with Gasteiger partial charge in [0.1, 0.15) is 0 Å². The number of aliphatic hydroxyl groups is 1. The Kier molecular flexibility index (Phi) is 4.10. The SMILES string of the molecule is O=S(=O)(/C=C/c1ccc(Cl)cc1)N1CC2CCC(O)C2C1. The van der Waals surface area contributed by atoms with Crippen molar-refractivity contribution in [2.75, 3.05) is 13.1 Å². The van der Waals surface area contributed by atoms with Gasteiger partial charge in [-0.2, -0.15) is 4.31 Å². The topological polar surface area (TPSA) is 57.6 Å². The third kappa shape index (κ3) is 3.16. The van der Waals surface area contributed by atoms with Gasteiger partial charge >= 0.3 is 0 Å². The summed E-state index contributed by atoms with van der Waals surface area (Å²) in [6, 6.07) is 7.00. The first kappa shape index (κ1) is 15.0. The Bertz CT molecular complexity index is 641. The van der Waals surface area contributed by atoms with Gasteiger partial charge in [-0.25, -0.2) is 8.42 Å². The minimum Gasteiger partial charge on any atom is -0.393 e. The van der Waals surface area contributed by atoms with Gasteiger partial charge in [0.25, 0.3) is 0 Å². The number of hydrogen-bond donors (Lipinski definition) is 1. The lowest BCUT2D eigenvalue weighted by Gasteiger charge is -2.15. The molecule has 2 fully saturated rings. The van der Waals surface area contributed by atoms with Crippen LogP contribution in [0.15, 0.2) is 29.7 Å². The molecule has 21 heavy (non-hydrogen) atoms. The molecular weight excluding hydrogens is 310 g/mol. The van der Waals surface area contributed by atoms with Gasteiger partial charge in [-0.15, -0.1) is 0 Å². The van der Waals surface area contributed by atoms with Crippen molar-refractivity contribution in [3.8, 4) is 0 Å². The maximum atomic E-state index is 12.3. The molecule has 3 rings (SSSR count). The first-order chi connectivity index (χ1) is 9.95. The van der Waals surface area contributed by atoms with Crippen molar-refractivity contribution < 1.29 is 13.5 Å². The molecule has 2 aliphatic rings. The second-order valence-corrected chi connectivity index (χ2v) is 8.04. The Balaban J connectivity index is 1.71. The quantitative estimate of drug-likeness (QED) is 0.927. The number of nitrogens with zero attached hydrogens (tertiary/aromatic N) is 1. The van der Waals surface area contributed by atoms with E-state index in [0.717, 1.165) is 18.4 Å². The highest BCUT2D eigenvalue weighted by atomic mass is 35.5. The summed E-state index contributed by atoms with van der Waals surface area (Å²) in [5, 5.41) is 11.7. The predicted molar refractivity (Wildman–Crippen MR) is 83.2 cm³/mol. The van der Waals surface area contributed by atoms with Crippen molar-refractivity contribution in [1.29, 1.82) is 0 Å². The molecule has 1 saturated carbocycles. The van der Waals surface area contributed by atoms with Crippen LogP contribution in [-0.4, -0.2) is 37.0 Å². The number of sulfonamides is 1. The third-order valence-electron chi connectivity index (χ3n) is 4.45. The summed E-state index contributed by atoms with van der Waals surface area (Å²) in [4.78, 5) is 0. The molecule has 0 aromatic heterocycles. The van der Waals surface area contributed by atoms with E-state index < -0.39 is 10.0 Å². The number of fused-ring (bicyclic) bond motifs is 1. The Morgan fingerprint density at radius 3 is 2.57 bits per heavy atom. The molecule has 1 heterocycles. The smallest absolute Gasteiger partial charge is 0.236 e. The summed E-state index contributed by atoms with van der Waals surface area (Å²) in [6.45, 7) is 0.953. The van der Waals surface area contributed by atoms with E-state index in [4.69, 9.17) is 11.6 Å². The number of benzene rings is 1. The second-order valence-electron chi connectivity index (χ2n) is 5.78. The molecule has 0 radical (unpaired) electrons. The molecule has 0 bridgehead atoms. The van der Waals surface area contributed by atoms with Gasteiger partial charge < -0.3 is 5.11 Å². The van der Waals surface area contributed by atoms with E-state index >= 15 is 0 Å². The highest BCUT2D eigenvalue weighted by Gasteiger charge is 2.44. The lowest BCUT2D eigenvalue weighted by atomic mass is 10.00. The van der Waals surface area contributed by atoms with Crippen LogP contribution in [0, 0.1) is 11.8 Å². The summed E-state index contributed by atoms with van der Waals surface area (Å²) >= 11 is 5.80. The van der Waals surface area contributed by atoms with E-state index in [9.17, 15) is 13.5 Å². The zero-order valence-electron chi connectivity index (χ0n) is 11.5. The zero-order chi connectivity index (χ0) is 15.0. The molecule has 0 spiro atoms. The number of aliphatic hydroxyl groups excluding tert-OH is 1. The molecule has 0 amide bonds. The highest BCUT2D eigenvalue weighted by molar-refractivity contribution is 7.92. The minimum absolute atomic E-state index is 0.101. The van der Waals surface area contributed by atoms with Gasteiger partial charge in [-0.3, -0.25) is 0 Å². The average molecular weight is 328 g/mol. The Hall–Kier alpha value is -0.880. The van der Waals surface area contributed by atoms with Gasteiger partial charge in [0.15, 0.2) is 0 Å². The lowest BCUT2D eigenvalue weighted by Crippen LogP contribution is -2.29. The van der Waals surface area contributed by atoms with Crippen LogP contribution in [0.25, 0.3) is 6.08 Å². The maximum Gasteiger partial charge on any atom is 0.236 e. The molecule has 114 valence electrons. The second kappa shape index (κ2) is 5.72. The van der Waals surface area contributed by atoms with Crippen LogP contribution in [0.4, 0.5) is 0 Å². The molecular formula is C15H18ClNO3S. The molecule has 1 aromatic carbocycles. The fourth-order valence-electron chi connectivity index (χ4n) is 3.23. The fourth-order valence-corrected chi connectivity index (χ4v) is 4.63. The molecule has 1 aliphatic carbocycles. The van der Waals surface area contributed by atoms with Crippen LogP contribution < -0.4 is 0 Å². The first-order valence-corrected chi connectivity index (χ1v) is 8.96. The van der Waals surface area contributed by atoms with E-state index in [1.165, 1.54) is 9.71 Å². The van der Waals surface area contributed by atoms with Crippen LogP contribution in [-0.2, 0) is 10.0 Å². The molecule has 1 aromatic rings. The molecule has 1 saturated heterocycles. The van der Waals surface area contributed by atoms with Gasteiger partial charge in [0.05, 0.1) is 6.10 Å². The molecule has 1 N–H and O–H groups in total. The van der Waals surface area contributed by atoms with Crippen LogP contribution in [0.2, 0.25) is 5.02 Å². The minimum atomic E-state index is -3.43. The summed E-state index contributed by atoms with van der Waals surface area (Å²) < 4.78 is 26.2. The predicted octanol–water partition coefficient (Wildman–Crippen LogP) is 2.34. The summed E-state index contributed by atoms with van der Waals surface area (Å²) in [6.07, 6.45) is 2.94. The number of rotatable bonds is 3. The van der Waals surface area contributed by atoms with E-state index in [2.05, 4.69) is 0 Å². The van der Waals surface area contributed by atoms with E-state index in [0.29, 0.717) is 24.0 Å². The van der Waals surface area contributed by atoms with Crippen molar-refractivity contribution in [3.63, 3.8) is 0 Å². The number of halogens is 1. The molecule has 6 heteroatoms. The molecule has 3 atom stereocenters. The number of hydrogen-bond acceptors (Lipinski definition) is 3. The third-order valence-corrected chi connectivity index (χ3v) is 6.20. The Morgan fingerprint density at radius 1 is 1.19 bits per heavy atom. The van der Waals surface area contributed by atoms with Crippen LogP contribution in [0.1, 0.15) is 18.4 Å².